The van der Waals surface area contributed by atoms with Gasteiger partial charge in [-0.05, 0) is 216 Å². The molecule has 5 aromatic carbocycles. The largest absolute Gasteiger partial charge is 0.444 e. The average molecular weight is 1610 g/mol. The lowest BCUT2D eigenvalue weighted by Crippen LogP contribution is -2.45. The fourth-order valence-corrected chi connectivity index (χ4v) is 18.8. The Labute approximate surface area is 676 Å². The molecule has 12 rings (SSSR count). The van der Waals surface area contributed by atoms with Crippen LogP contribution in [0.5, 0.6) is 0 Å². The van der Waals surface area contributed by atoms with Gasteiger partial charge >= 0.3 is 12.2 Å². The van der Waals surface area contributed by atoms with Crippen LogP contribution in [-0.2, 0) is 42.0 Å². The fraction of sp³-hybridized carbons (Fsp3) is 0.489. The summed E-state index contributed by atoms with van der Waals surface area (Å²) in [6, 6.07) is 43.5. The summed E-state index contributed by atoms with van der Waals surface area (Å²) in [5.41, 5.74) is 19.1. The Kier molecular flexibility index (Phi) is 27.1. The first-order valence-corrected chi connectivity index (χ1v) is 49.8. The summed E-state index contributed by atoms with van der Waals surface area (Å²) in [5.74, 6) is 2.41. The molecule has 602 valence electrons. The third-order valence-corrected chi connectivity index (χ3v) is 38.6. The zero-order valence-corrected chi connectivity index (χ0v) is 75.1. The number of aromatic nitrogens is 4. The van der Waals surface area contributed by atoms with Gasteiger partial charge in [0.25, 0.3) is 11.8 Å². The van der Waals surface area contributed by atoms with Gasteiger partial charge in [-0.1, -0.05) is 193 Å². The van der Waals surface area contributed by atoms with E-state index in [2.05, 4.69) is 209 Å². The Bertz CT molecular complexity index is 4730. The van der Waals surface area contributed by atoms with Gasteiger partial charge in [0, 0.05) is 58.7 Å². The second-order valence-electron chi connectivity index (χ2n) is 36.2. The molecule has 0 bridgehead atoms. The van der Waals surface area contributed by atoms with E-state index in [1.807, 2.05) is 101 Å². The van der Waals surface area contributed by atoms with Crippen LogP contribution in [0.1, 0.15) is 190 Å². The maximum absolute atomic E-state index is 13.6. The molecule has 3 aliphatic rings. The number of oxime groups is 1. The SMILES string of the molecule is CC(C)(C)OC(=O)N(CCO[Si](C)(C)C(C)(C)C)[C@@H]1CCc2c(C(N)=NO)cccc21.Cc1sc(-c2nc(-c3cccc4c3CC[C@H]4N(CCO[Si](C)(C)C(C)(C)C)C(=O)OC(C)(C)C)no2)cc1-c1ccccc1.Cc1sc(-c2nc(-c3cccc4c3CC[C@H]4NCCO[Si](C)(C)C(C)(C)C)no2)cc1-c1ccccc1. The summed E-state index contributed by atoms with van der Waals surface area (Å²) in [6.07, 6.45) is 4.51. The van der Waals surface area contributed by atoms with Gasteiger partial charge < -0.3 is 48.1 Å². The number of hydrogen-bond donors (Lipinski definition) is 3. The van der Waals surface area contributed by atoms with Crippen LogP contribution in [0.25, 0.3) is 66.6 Å². The molecule has 0 unspecified atom stereocenters. The summed E-state index contributed by atoms with van der Waals surface area (Å²) in [4.78, 5) is 44.4. The number of rotatable bonds is 22. The molecule has 3 aliphatic carbocycles. The van der Waals surface area contributed by atoms with Crippen molar-refractivity contribution >= 4 is 65.6 Å². The molecule has 0 spiro atoms. The molecule has 19 nitrogen and oxygen atoms in total. The molecular weight excluding hydrogens is 1490 g/mol. The number of nitrogens with two attached hydrogens (primary N) is 1. The second-order valence-corrected chi connectivity index (χ2v) is 53.1. The average Bonchev–Trinajstić information content (AvgIpc) is 1.63. The molecule has 2 amide bonds. The molecule has 0 radical (unpaired) electrons. The van der Waals surface area contributed by atoms with Gasteiger partial charge in [-0.2, -0.15) is 9.97 Å². The minimum Gasteiger partial charge on any atom is -0.444 e. The summed E-state index contributed by atoms with van der Waals surface area (Å²) < 4.78 is 42.4. The minimum atomic E-state index is -1.97. The molecule has 0 fully saturated rings. The van der Waals surface area contributed by atoms with Crippen molar-refractivity contribution in [1.29, 1.82) is 0 Å². The lowest BCUT2D eigenvalue weighted by molar-refractivity contribution is 0.0116. The van der Waals surface area contributed by atoms with Crippen LogP contribution in [0, 0.1) is 13.8 Å². The highest BCUT2D eigenvalue weighted by atomic mass is 32.1. The highest BCUT2D eigenvalue weighted by Gasteiger charge is 2.43. The lowest BCUT2D eigenvalue weighted by Gasteiger charge is -2.38. The van der Waals surface area contributed by atoms with Crippen molar-refractivity contribution in [1.82, 2.24) is 35.4 Å². The van der Waals surface area contributed by atoms with Crippen molar-refractivity contribution in [3.8, 4) is 66.6 Å². The first kappa shape index (κ1) is 86.5. The first-order valence-electron chi connectivity index (χ1n) is 39.4. The summed E-state index contributed by atoms with van der Waals surface area (Å²) in [7, 11) is -5.62. The molecule has 0 saturated heterocycles. The van der Waals surface area contributed by atoms with Crippen molar-refractivity contribution < 1.29 is 46.6 Å². The molecule has 3 atom stereocenters. The van der Waals surface area contributed by atoms with Crippen molar-refractivity contribution in [2.24, 2.45) is 10.9 Å². The van der Waals surface area contributed by atoms with Gasteiger partial charge in [0.1, 0.15) is 11.2 Å². The van der Waals surface area contributed by atoms with E-state index in [4.69, 9.17) is 52.7 Å². The Hall–Kier alpha value is -7.92. The molecule has 0 aliphatic heterocycles. The van der Waals surface area contributed by atoms with Crippen LogP contribution in [0.4, 0.5) is 9.59 Å². The third kappa shape index (κ3) is 20.8. The summed E-state index contributed by atoms with van der Waals surface area (Å²) in [5, 5.41) is 25.2. The molecule has 9 aromatic rings. The molecule has 4 heterocycles. The topological polar surface area (TPSA) is 235 Å². The second kappa shape index (κ2) is 35.0. The summed E-state index contributed by atoms with van der Waals surface area (Å²) in [6.45, 7) is 52.7. The van der Waals surface area contributed by atoms with E-state index in [0.717, 1.165) is 94.8 Å². The fourth-order valence-electron chi connectivity index (χ4n) is 13.7. The number of ether oxygens (including phenoxy) is 2. The highest BCUT2D eigenvalue weighted by molar-refractivity contribution is 7.16. The smallest absolute Gasteiger partial charge is 0.410 e. The number of carbonyl (C=O) groups excluding carboxylic acids is 2. The van der Waals surface area contributed by atoms with Gasteiger partial charge in [0.2, 0.25) is 11.6 Å². The maximum atomic E-state index is 13.6. The van der Waals surface area contributed by atoms with Gasteiger partial charge in [-0.25, -0.2) is 9.59 Å². The van der Waals surface area contributed by atoms with E-state index in [0.29, 0.717) is 61.3 Å². The van der Waals surface area contributed by atoms with Gasteiger partial charge in [-0.15, -0.1) is 22.7 Å². The number of carbonyl (C=O) groups is 2. The maximum Gasteiger partial charge on any atom is 0.410 e. The van der Waals surface area contributed by atoms with Gasteiger partial charge in [0.05, 0.1) is 35.1 Å². The number of nitrogens with one attached hydrogen (secondary N) is 1. The van der Waals surface area contributed by atoms with Crippen molar-refractivity contribution in [2.75, 3.05) is 39.5 Å². The number of nitrogens with zero attached hydrogens (tertiary/aromatic N) is 7. The van der Waals surface area contributed by atoms with E-state index >= 15 is 0 Å². The number of aryl methyl sites for hydroxylation is 2. The zero-order valence-electron chi connectivity index (χ0n) is 70.5. The predicted octanol–water partition coefficient (Wildman–Crippen LogP) is 22.8. The Morgan fingerprint density at radius 2 is 0.902 bits per heavy atom. The Morgan fingerprint density at radius 1 is 0.518 bits per heavy atom. The van der Waals surface area contributed by atoms with E-state index < -0.39 is 36.2 Å². The van der Waals surface area contributed by atoms with Crippen LogP contribution >= 0.6 is 22.7 Å². The number of thiophene rings is 2. The monoisotopic (exact) mass is 1610 g/mol. The van der Waals surface area contributed by atoms with Crippen LogP contribution in [0.15, 0.2) is 142 Å². The normalized spacial score (nSPS) is 16.1. The molecule has 0 saturated carbocycles. The number of hydrogen-bond acceptors (Lipinski definition) is 18. The quantitative estimate of drug-likeness (QED) is 0.0143. The molecule has 112 heavy (non-hydrogen) atoms. The Morgan fingerprint density at radius 3 is 1.32 bits per heavy atom. The molecule has 4 aromatic heterocycles. The van der Waals surface area contributed by atoms with Crippen molar-refractivity contribution in [2.45, 2.75) is 240 Å². The van der Waals surface area contributed by atoms with Gasteiger partial charge in [0.15, 0.2) is 30.8 Å². The van der Waals surface area contributed by atoms with Crippen molar-refractivity contribution in [3.05, 3.63) is 176 Å². The minimum absolute atomic E-state index is 0.0857. The molecular formula is C88H121N9O10S2Si3. The van der Waals surface area contributed by atoms with Crippen LogP contribution in [0.3, 0.4) is 0 Å². The van der Waals surface area contributed by atoms with Crippen LogP contribution in [-0.4, -0.2) is 129 Å². The number of fused-ring (bicyclic) bond motifs is 3. The summed E-state index contributed by atoms with van der Waals surface area (Å²) >= 11 is 3.35. The molecule has 24 heteroatoms. The molecule has 4 N–H and O–H groups in total. The standard InChI is InChI=1S/C35H45N3O4SSi.C30H37N3O2SSi.C23H39N3O4Si/c1-23-28(24-14-11-10-12-15-24)22-30(43-23)32-36-31(37-42-32)27-17-13-16-26-25(27)18-19-29(26)38(33(39)41-34(2,3)4)20-21-40-44(8,9)35(5,6)7;1-20-25(21-11-8-7-9-12-21)19-27(36-20)29-32-28(33-35-29)24-14-10-13-23-22(24)15-16-26(23)31-17-18-34-37(5,6)30(2,3)4;1-22(2,3)30-21(27)26(14-15-29-31(7,8)23(4,5)6)19-13-12-16-17(19)10-9-11-18(16)20(24)25-28/h10-17,22,29H,18-21H2,1-9H3;7-14,19,26,31H,15-18H2,1-6H3;9-11,19,28H,12-15H2,1-8H3,(H2,24,25)/t29-;26-;19-/m111/s1. The van der Waals surface area contributed by atoms with Crippen LogP contribution < -0.4 is 11.1 Å². The van der Waals surface area contributed by atoms with Gasteiger partial charge in [-0.3, -0.25) is 9.80 Å². The zero-order chi connectivity index (χ0) is 81.7. The highest BCUT2D eigenvalue weighted by Crippen LogP contribution is 2.46. The number of amidine groups is 1. The number of benzene rings is 5. The predicted molar refractivity (Wildman–Crippen MR) is 462 cm³/mol. The van der Waals surface area contributed by atoms with E-state index in [9.17, 15) is 9.59 Å². The Balaban J connectivity index is 0.000000181. The van der Waals surface area contributed by atoms with Crippen molar-refractivity contribution in [3.63, 3.8) is 0 Å². The third-order valence-electron chi connectivity index (χ3n) is 22.9. The van der Waals surface area contributed by atoms with E-state index in [-0.39, 0.29) is 45.2 Å². The lowest BCUT2D eigenvalue weighted by atomic mass is 10.0. The van der Waals surface area contributed by atoms with Crippen LogP contribution in [0.2, 0.25) is 54.4 Å². The number of amides is 2. The van der Waals surface area contributed by atoms with E-state index in [1.54, 1.807) is 27.6 Å². The first-order chi connectivity index (χ1) is 52.5. The van der Waals surface area contributed by atoms with E-state index in [1.165, 1.54) is 43.1 Å².